The molecule has 118 valence electrons. The molecule has 0 atom stereocenters. The van der Waals surface area contributed by atoms with Crippen molar-refractivity contribution in [1.29, 1.82) is 0 Å². The van der Waals surface area contributed by atoms with E-state index in [0.29, 0.717) is 27.7 Å². The summed E-state index contributed by atoms with van der Waals surface area (Å²) in [4.78, 5) is 41.0. The topological polar surface area (TPSA) is 67.0 Å². The van der Waals surface area contributed by atoms with Gasteiger partial charge in [-0.2, -0.15) is 0 Å². The van der Waals surface area contributed by atoms with Crippen LogP contribution in [0.1, 0.15) is 43.5 Å². The van der Waals surface area contributed by atoms with Crippen LogP contribution < -0.4 is 5.43 Å². The summed E-state index contributed by atoms with van der Waals surface area (Å²) in [5.41, 5.74) is 3.63. The van der Waals surface area contributed by atoms with Gasteiger partial charge in [0.1, 0.15) is 5.92 Å². The largest absolute Gasteiger partial charge is 0.357 e. The molecule has 0 radical (unpaired) electrons. The number of fused-ring (bicyclic) bond motifs is 2. The highest BCUT2D eigenvalue weighted by atomic mass is 16.2. The molecule has 0 unspecified atom stereocenters. The summed E-state index contributed by atoms with van der Waals surface area (Å²) in [7, 11) is 0. The fourth-order valence-corrected chi connectivity index (χ4v) is 3.51. The molecule has 1 heterocycles. The maximum absolute atomic E-state index is 12.7. The van der Waals surface area contributed by atoms with Crippen molar-refractivity contribution >= 4 is 22.5 Å². The van der Waals surface area contributed by atoms with Gasteiger partial charge in [0, 0.05) is 28.3 Å². The molecule has 1 aliphatic carbocycles. The molecule has 1 aliphatic rings. The van der Waals surface area contributed by atoms with Gasteiger partial charge in [-0.25, -0.2) is 0 Å². The summed E-state index contributed by atoms with van der Waals surface area (Å²) < 4.78 is 0. The molecule has 24 heavy (non-hydrogen) atoms. The first-order valence-electron chi connectivity index (χ1n) is 7.79. The number of ketones is 2. The molecule has 0 spiro atoms. The Bertz CT molecular complexity index is 1060. The lowest BCUT2D eigenvalue weighted by atomic mass is 9.97. The van der Waals surface area contributed by atoms with E-state index >= 15 is 0 Å². The van der Waals surface area contributed by atoms with E-state index < -0.39 is 5.92 Å². The van der Waals surface area contributed by atoms with Crippen molar-refractivity contribution in [2.45, 2.75) is 19.8 Å². The first-order chi connectivity index (χ1) is 11.5. The van der Waals surface area contributed by atoms with Crippen LogP contribution in [0.3, 0.4) is 0 Å². The number of rotatable bonds is 1. The molecule has 1 aromatic heterocycles. The zero-order valence-electron chi connectivity index (χ0n) is 13.3. The normalized spacial score (nSPS) is 14.4. The molecule has 2 aromatic carbocycles. The van der Waals surface area contributed by atoms with E-state index in [0.717, 1.165) is 11.1 Å². The van der Waals surface area contributed by atoms with Gasteiger partial charge in [0.05, 0.1) is 5.52 Å². The zero-order chi connectivity index (χ0) is 17.0. The van der Waals surface area contributed by atoms with Gasteiger partial charge in [-0.05, 0) is 31.0 Å². The van der Waals surface area contributed by atoms with Crippen molar-refractivity contribution in [2.75, 3.05) is 0 Å². The summed E-state index contributed by atoms with van der Waals surface area (Å²) >= 11 is 0. The number of hydrogen-bond acceptors (Lipinski definition) is 3. The van der Waals surface area contributed by atoms with Gasteiger partial charge in [0.15, 0.2) is 17.0 Å². The molecule has 4 rings (SSSR count). The summed E-state index contributed by atoms with van der Waals surface area (Å²) in [6.07, 6.45) is 0. The van der Waals surface area contributed by atoms with Crippen molar-refractivity contribution in [3.63, 3.8) is 0 Å². The highest BCUT2D eigenvalue weighted by Crippen LogP contribution is 2.33. The minimum absolute atomic E-state index is 0.179. The van der Waals surface area contributed by atoms with Crippen molar-refractivity contribution in [3.8, 4) is 0 Å². The maximum Gasteiger partial charge on any atom is 0.189 e. The molecule has 1 N–H and O–H groups in total. The van der Waals surface area contributed by atoms with Crippen LogP contribution in [0.5, 0.6) is 0 Å². The van der Waals surface area contributed by atoms with E-state index in [9.17, 15) is 14.4 Å². The number of aryl methyl sites for hydroxylation is 2. The molecular formula is C20H15NO3. The second-order valence-electron chi connectivity index (χ2n) is 6.30. The predicted molar refractivity (Wildman–Crippen MR) is 91.9 cm³/mol. The Morgan fingerprint density at radius 1 is 0.875 bits per heavy atom. The van der Waals surface area contributed by atoms with Crippen LogP contribution in [0.4, 0.5) is 0 Å². The SMILES string of the molecule is Cc1cc(C)c2[nH]c(C3C(=O)c4ccccc4C3=O)cc(=O)c2c1. The molecular weight excluding hydrogens is 302 g/mol. The van der Waals surface area contributed by atoms with Crippen LogP contribution in [-0.2, 0) is 0 Å². The van der Waals surface area contributed by atoms with Gasteiger partial charge in [0.25, 0.3) is 0 Å². The van der Waals surface area contributed by atoms with E-state index in [1.807, 2.05) is 26.0 Å². The Morgan fingerprint density at radius 3 is 2.12 bits per heavy atom. The van der Waals surface area contributed by atoms with Crippen LogP contribution in [-0.4, -0.2) is 16.6 Å². The average molecular weight is 317 g/mol. The van der Waals surface area contributed by atoms with Gasteiger partial charge in [-0.3, -0.25) is 14.4 Å². The minimum atomic E-state index is -0.958. The number of carbonyl (C=O) groups excluding carboxylic acids is 2. The Kier molecular flexibility index (Phi) is 3.03. The highest BCUT2D eigenvalue weighted by molar-refractivity contribution is 6.29. The van der Waals surface area contributed by atoms with Crippen LogP contribution in [0.15, 0.2) is 47.3 Å². The van der Waals surface area contributed by atoms with E-state index in [1.54, 1.807) is 24.3 Å². The predicted octanol–water partition coefficient (Wildman–Crippen LogP) is 3.31. The Hall–Kier alpha value is -3.01. The lowest BCUT2D eigenvalue weighted by molar-refractivity contribution is 0.0888. The Labute approximate surface area is 138 Å². The first-order valence-corrected chi connectivity index (χ1v) is 7.79. The second kappa shape index (κ2) is 4.99. The molecule has 0 amide bonds. The monoisotopic (exact) mass is 317 g/mol. The first kappa shape index (κ1) is 14.6. The number of H-pyrrole nitrogens is 1. The number of pyridine rings is 1. The summed E-state index contributed by atoms with van der Waals surface area (Å²) in [5.74, 6) is -1.47. The number of hydrogen-bond donors (Lipinski definition) is 1. The van der Waals surface area contributed by atoms with E-state index in [4.69, 9.17) is 0 Å². The van der Waals surface area contributed by atoms with Gasteiger partial charge in [-0.1, -0.05) is 30.3 Å². The molecule has 3 aromatic rings. The summed E-state index contributed by atoms with van der Waals surface area (Å²) in [6, 6.07) is 12.0. The fourth-order valence-electron chi connectivity index (χ4n) is 3.51. The van der Waals surface area contributed by atoms with Gasteiger partial charge >= 0.3 is 0 Å². The molecule has 0 fully saturated rings. The van der Waals surface area contributed by atoms with Gasteiger partial charge in [0.2, 0.25) is 0 Å². The third-order valence-corrected chi connectivity index (χ3v) is 4.59. The third kappa shape index (κ3) is 1.96. The highest BCUT2D eigenvalue weighted by Gasteiger charge is 2.40. The lowest BCUT2D eigenvalue weighted by Crippen LogP contribution is -2.18. The number of Topliss-reactive ketones (excluding diaryl/α,β-unsaturated/α-hetero) is 2. The second-order valence-corrected chi connectivity index (χ2v) is 6.30. The van der Waals surface area contributed by atoms with Gasteiger partial charge < -0.3 is 4.98 Å². The van der Waals surface area contributed by atoms with Crippen LogP contribution in [0, 0.1) is 13.8 Å². The zero-order valence-corrected chi connectivity index (χ0v) is 13.3. The number of carbonyl (C=O) groups is 2. The van der Waals surface area contributed by atoms with E-state index in [1.165, 1.54) is 6.07 Å². The molecule has 0 saturated heterocycles. The van der Waals surface area contributed by atoms with Crippen LogP contribution in [0.2, 0.25) is 0 Å². The van der Waals surface area contributed by atoms with E-state index in [2.05, 4.69) is 4.98 Å². The molecule has 4 nitrogen and oxygen atoms in total. The van der Waals surface area contributed by atoms with Crippen molar-refractivity contribution < 1.29 is 9.59 Å². The van der Waals surface area contributed by atoms with Crippen LogP contribution >= 0.6 is 0 Å². The number of aromatic nitrogens is 1. The standard InChI is InChI=1S/C20H15NO3/c1-10-7-11(2)18-14(8-10)16(22)9-15(21-18)17-19(23)12-5-3-4-6-13(12)20(17)24/h3-9,17H,1-2H3,(H,21,22). The van der Waals surface area contributed by atoms with E-state index in [-0.39, 0.29) is 17.0 Å². The summed E-state index contributed by atoms with van der Waals surface area (Å²) in [6.45, 7) is 3.84. The Morgan fingerprint density at radius 2 is 1.50 bits per heavy atom. The third-order valence-electron chi connectivity index (χ3n) is 4.59. The average Bonchev–Trinajstić information content (AvgIpc) is 2.80. The number of nitrogens with one attached hydrogen (secondary N) is 1. The minimum Gasteiger partial charge on any atom is -0.357 e. The van der Waals surface area contributed by atoms with Crippen molar-refractivity contribution in [3.05, 3.63) is 80.6 Å². The molecule has 4 heteroatoms. The molecule has 0 bridgehead atoms. The maximum atomic E-state index is 12.7. The number of benzene rings is 2. The Balaban J connectivity index is 1.94. The molecule has 0 aliphatic heterocycles. The number of aromatic amines is 1. The molecule has 0 saturated carbocycles. The van der Waals surface area contributed by atoms with Gasteiger partial charge in [-0.15, -0.1) is 0 Å². The summed E-state index contributed by atoms with van der Waals surface area (Å²) in [5, 5.41) is 0.576. The quantitative estimate of drug-likeness (QED) is 0.700. The van der Waals surface area contributed by atoms with Crippen LogP contribution in [0.25, 0.3) is 10.9 Å². The van der Waals surface area contributed by atoms with Crippen molar-refractivity contribution in [2.24, 2.45) is 0 Å². The lowest BCUT2D eigenvalue weighted by Gasteiger charge is -2.11. The fraction of sp³-hybridized carbons (Fsp3) is 0.150. The smallest absolute Gasteiger partial charge is 0.189 e. The van der Waals surface area contributed by atoms with Crippen molar-refractivity contribution in [1.82, 2.24) is 4.98 Å².